The maximum Gasteiger partial charge on any atom is 0.326 e. The monoisotopic (exact) mass is 578 g/mol. The van der Waals surface area contributed by atoms with Crippen molar-refractivity contribution in [1.82, 2.24) is 16.0 Å². The van der Waals surface area contributed by atoms with Crippen LogP contribution in [-0.4, -0.2) is 80.9 Å². The second-order valence-corrected chi connectivity index (χ2v) is 10.2. The van der Waals surface area contributed by atoms with E-state index in [4.69, 9.17) is 5.73 Å². The van der Waals surface area contributed by atoms with Gasteiger partial charge >= 0.3 is 5.97 Å². The molecular weight excluding hydrogens is 544 g/mol. The molecule has 0 bridgehead atoms. The van der Waals surface area contributed by atoms with Crippen molar-refractivity contribution in [3.63, 3.8) is 0 Å². The van der Waals surface area contributed by atoms with Gasteiger partial charge in [-0.25, -0.2) is 4.79 Å². The van der Waals surface area contributed by atoms with Gasteiger partial charge in [-0.15, -0.1) is 0 Å². The SMILES string of the molecule is CSCCC(NC(=O)C(Cc1ccc(O)cc1)NC(=O)C(CS)NC(=O)C(N)Cc1ccc(O)cc1)C(=O)O. The van der Waals surface area contributed by atoms with E-state index in [-0.39, 0.29) is 36.5 Å². The van der Waals surface area contributed by atoms with Crippen molar-refractivity contribution in [3.05, 3.63) is 59.7 Å². The Balaban J connectivity index is 2.13. The Labute approximate surface area is 236 Å². The Kier molecular flexibility index (Phi) is 12.9. The molecule has 3 amide bonds. The number of nitrogens with one attached hydrogen (secondary N) is 3. The Morgan fingerprint density at radius 2 is 1.26 bits per heavy atom. The Morgan fingerprint density at radius 3 is 1.74 bits per heavy atom. The minimum Gasteiger partial charge on any atom is -0.508 e. The van der Waals surface area contributed by atoms with Crippen molar-refractivity contribution in [3.8, 4) is 11.5 Å². The molecule has 2 aromatic rings. The number of hydrogen-bond acceptors (Lipinski definition) is 9. The van der Waals surface area contributed by atoms with Gasteiger partial charge in [-0.1, -0.05) is 24.3 Å². The molecule has 4 atom stereocenters. The number of hydrogen-bond donors (Lipinski definition) is 8. The van der Waals surface area contributed by atoms with E-state index < -0.39 is 47.9 Å². The van der Waals surface area contributed by atoms with Gasteiger partial charge < -0.3 is 37.0 Å². The molecule has 0 aliphatic rings. The van der Waals surface area contributed by atoms with Crippen LogP contribution in [0, 0.1) is 0 Å². The average Bonchev–Trinajstić information content (AvgIpc) is 2.91. The lowest BCUT2D eigenvalue weighted by Crippen LogP contribution is -2.58. The van der Waals surface area contributed by atoms with Gasteiger partial charge in [0.1, 0.15) is 29.6 Å². The molecule has 11 nitrogen and oxygen atoms in total. The van der Waals surface area contributed by atoms with Crippen LogP contribution in [0.1, 0.15) is 17.5 Å². The predicted molar refractivity (Wildman–Crippen MR) is 152 cm³/mol. The molecule has 39 heavy (non-hydrogen) atoms. The van der Waals surface area contributed by atoms with Crippen LogP contribution in [0.15, 0.2) is 48.5 Å². The zero-order valence-electron chi connectivity index (χ0n) is 21.4. The Hall–Kier alpha value is -3.42. The van der Waals surface area contributed by atoms with Crippen LogP contribution >= 0.6 is 24.4 Å². The number of carboxylic acid groups (broad SMARTS) is 1. The number of rotatable bonds is 15. The third-order valence-electron chi connectivity index (χ3n) is 5.78. The zero-order valence-corrected chi connectivity index (χ0v) is 23.1. The first-order valence-electron chi connectivity index (χ1n) is 12.1. The summed E-state index contributed by atoms with van der Waals surface area (Å²) in [7, 11) is 0. The highest BCUT2D eigenvalue weighted by molar-refractivity contribution is 7.98. The van der Waals surface area contributed by atoms with Gasteiger partial charge in [-0.2, -0.15) is 24.4 Å². The van der Waals surface area contributed by atoms with Crippen LogP contribution in [-0.2, 0) is 32.0 Å². The summed E-state index contributed by atoms with van der Waals surface area (Å²) < 4.78 is 0. The first kappa shape index (κ1) is 31.8. The molecule has 0 fully saturated rings. The van der Waals surface area contributed by atoms with Crippen LogP contribution in [0.2, 0.25) is 0 Å². The number of carbonyl (C=O) groups is 4. The average molecular weight is 579 g/mol. The number of phenolic OH excluding ortho intramolecular Hbond substituents is 2. The third kappa shape index (κ3) is 10.7. The standard InChI is InChI=1S/C26H34N4O7S2/c1-39-11-10-20(26(36)37)28-24(34)21(13-16-4-8-18(32)9-5-16)29-25(35)22(14-38)30-23(33)19(27)12-15-2-6-17(31)7-3-15/h2-9,19-22,31-32,38H,10-14,27H2,1H3,(H,28,34)(H,29,35)(H,30,33)(H,36,37). The molecule has 0 aliphatic heterocycles. The number of aromatic hydroxyl groups is 2. The fourth-order valence-corrected chi connectivity index (χ4v) is 4.29. The molecule has 2 rings (SSSR count). The van der Waals surface area contributed by atoms with E-state index in [2.05, 4.69) is 28.6 Å². The van der Waals surface area contributed by atoms with Crippen molar-refractivity contribution in [2.24, 2.45) is 5.73 Å². The van der Waals surface area contributed by atoms with Gasteiger partial charge in [0.05, 0.1) is 6.04 Å². The van der Waals surface area contributed by atoms with E-state index in [0.717, 1.165) is 0 Å². The second-order valence-electron chi connectivity index (χ2n) is 8.83. The molecule has 0 saturated heterocycles. The highest BCUT2D eigenvalue weighted by Gasteiger charge is 2.30. The summed E-state index contributed by atoms with van der Waals surface area (Å²) in [5.41, 5.74) is 7.32. The fraction of sp³-hybridized carbons (Fsp3) is 0.385. The molecule has 4 unspecified atom stereocenters. The van der Waals surface area contributed by atoms with Crippen molar-refractivity contribution >= 4 is 48.1 Å². The summed E-state index contributed by atoms with van der Waals surface area (Å²) >= 11 is 5.60. The van der Waals surface area contributed by atoms with Gasteiger partial charge in [-0.05, 0) is 60.2 Å². The predicted octanol–water partition coefficient (Wildman–Crippen LogP) is 0.432. The number of amides is 3. The van der Waals surface area contributed by atoms with E-state index in [1.54, 1.807) is 24.3 Å². The smallest absolute Gasteiger partial charge is 0.326 e. The lowest BCUT2D eigenvalue weighted by atomic mass is 10.0. The van der Waals surface area contributed by atoms with E-state index in [1.165, 1.54) is 36.0 Å². The summed E-state index contributed by atoms with van der Waals surface area (Å²) in [4.78, 5) is 50.5. The molecule has 13 heteroatoms. The minimum atomic E-state index is -1.20. The molecule has 0 spiro atoms. The number of aliphatic carboxylic acids is 1. The number of phenols is 2. The van der Waals surface area contributed by atoms with E-state index in [9.17, 15) is 34.5 Å². The number of benzene rings is 2. The molecule has 0 saturated carbocycles. The highest BCUT2D eigenvalue weighted by Crippen LogP contribution is 2.13. The third-order valence-corrected chi connectivity index (χ3v) is 6.79. The van der Waals surface area contributed by atoms with Gasteiger partial charge in [0.15, 0.2) is 0 Å². The Bertz CT molecular complexity index is 1120. The van der Waals surface area contributed by atoms with Crippen LogP contribution in [0.3, 0.4) is 0 Å². The van der Waals surface area contributed by atoms with Crippen LogP contribution in [0.25, 0.3) is 0 Å². The largest absolute Gasteiger partial charge is 0.508 e. The molecule has 0 heterocycles. The fourth-order valence-electron chi connectivity index (χ4n) is 3.57. The van der Waals surface area contributed by atoms with Crippen molar-refractivity contribution in [2.45, 2.75) is 43.4 Å². The van der Waals surface area contributed by atoms with Crippen molar-refractivity contribution in [2.75, 3.05) is 17.8 Å². The van der Waals surface area contributed by atoms with Crippen molar-refractivity contribution < 1.29 is 34.5 Å². The first-order valence-corrected chi connectivity index (χ1v) is 14.1. The van der Waals surface area contributed by atoms with Gasteiger partial charge in [0.25, 0.3) is 0 Å². The first-order chi connectivity index (χ1) is 18.5. The topological polar surface area (TPSA) is 191 Å². The number of thioether (sulfide) groups is 1. The minimum absolute atomic E-state index is 0.000322. The summed E-state index contributed by atoms with van der Waals surface area (Å²) in [6.07, 6.45) is 2.17. The van der Waals surface area contributed by atoms with Crippen LogP contribution < -0.4 is 21.7 Å². The maximum atomic E-state index is 13.1. The van der Waals surface area contributed by atoms with Crippen LogP contribution in [0.4, 0.5) is 0 Å². The van der Waals surface area contributed by atoms with Gasteiger partial charge in [-0.3, -0.25) is 14.4 Å². The summed E-state index contributed by atoms with van der Waals surface area (Å²) in [5, 5.41) is 36.1. The van der Waals surface area contributed by atoms with E-state index in [0.29, 0.717) is 16.9 Å². The van der Waals surface area contributed by atoms with Gasteiger partial charge in [0.2, 0.25) is 17.7 Å². The summed E-state index contributed by atoms with van der Waals surface area (Å²) in [6, 6.07) is 7.75. The number of thiol groups is 1. The normalized spacial score (nSPS) is 13.9. The van der Waals surface area contributed by atoms with E-state index >= 15 is 0 Å². The number of carbonyl (C=O) groups excluding carboxylic acids is 3. The quantitative estimate of drug-likeness (QED) is 0.139. The van der Waals surface area contributed by atoms with E-state index in [1.807, 2.05) is 6.26 Å². The number of nitrogens with two attached hydrogens (primary N) is 1. The van der Waals surface area contributed by atoms with Crippen molar-refractivity contribution in [1.29, 1.82) is 0 Å². The zero-order chi connectivity index (χ0) is 28.9. The maximum absolute atomic E-state index is 13.1. The highest BCUT2D eigenvalue weighted by atomic mass is 32.2. The second kappa shape index (κ2) is 15.9. The molecular formula is C26H34N4O7S2. The Morgan fingerprint density at radius 1 is 0.795 bits per heavy atom. The molecule has 0 radical (unpaired) electrons. The number of carboxylic acids is 1. The lowest BCUT2D eigenvalue weighted by molar-refractivity contribution is -0.142. The summed E-state index contributed by atoms with van der Waals surface area (Å²) in [6.45, 7) is 0. The molecule has 212 valence electrons. The van der Waals surface area contributed by atoms with Gasteiger partial charge in [0, 0.05) is 12.2 Å². The molecule has 8 N–H and O–H groups in total. The molecule has 0 aliphatic carbocycles. The lowest BCUT2D eigenvalue weighted by Gasteiger charge is -2.25. The van der Waals surface area contributed by atoms with Crippen LogP contribution in [0.5, 0.6) is 11.5 Å². The molecule has 0 aromatic heterocycles. The summed E-state index contributed by atoms with van der Waals surface area (Å²) in [5.74, 6) is -2.72. The molecule has 2 aromatic carbocycles.